The number of benzene rings is 12. The van der Waals surface area contributed by atoms with Gasteiger partial charge in [-0.1, -0.05) is 242 Å². The van der Waals surface area contributed by atoms with E-state index in [2.05, 4.69) is 156 Å². The average Bonchev–Trinajstić information content (AvgIpc) is 0.922. The molecule has 0 amide bonds. The lowest BCUT2D eigenvalue weighted by Crippen LogP contribution is -2.75. The summed E-state index contributed by atoms with van der Waals surface area (Å²) in [6, 6.07) is 74.3. The monoisotopic (exact) mass is 1010 g/mol. The number of hydrogen-bond acceptors (Lipinski definition) is 1. The maximum Gasteiger partial charge on any atom is 0.179 e. The first-order valence-electron chi connectivity index (χ1n) is 31.1. The van der Waals surface area contributed by atoms with E-state index in [1.54, 1.807) is 12.1 Å². The second-order valence-corrected chi connectivity index (χ2v) is 24.0. The van der Waals surface area contributed by atoms with Crippen LogP contribution in [-0.4, -0.2) is 12.6 Å². The van der Waals surface area contributed by atoms with E-state index in [1.807, 2.05) is 60.7 Å². The van der Waals surface area contributed by atoms with Crippen LogP contribution in [0.1, 0.15) is 58.9 Å². The fourth-order valence-corrected chi connectivity index (χ4v) is 18.5. The Morgan fingerprint density at radius 2 is 0.857 bits per heavy atom. The number of hydrogen-bond donors (Lipinski definition) is 0. The van der Waals surface area contributed by atoms with Crippen molar-refractivity contribution in [2.45, 2.75) is 11.8 Å². The molecule has 17 rings (SSSR count). The van der Waals surface area contributed by atoms with E-state index >= 15 is 0 Å². The molecule has 360 valence electrons. The van der Waals surface area contributed by atoms with E-state index in [1.165, 1.54) is 22.3 Å². The van der Waals surface area contributed by atoms with Crippen LogP contribution < -0.4 is 20.7 Å². The normalized spacial score (nSPS) is 16.3. The van der Waals surface area contributed by atoms with E-state index in [9.17, 15) is 5.48 Å². The molecule has 3 aliphatic carbocycles. The molecule has 0 fully saturated rings. The fraction of sp³-hybridized carbons (Fsp3) is 0.0270. The molecule has 0 saturated heterocycles. The van der Waals surface area contributed by atoms with Crippen LogP contribution >= 0.6 is 0 Å². The van der Waals surface area contributed by atoms with Crippen LogP contribution in [-0.2, 0) is 0 Å². The number of nitrogens with zero attached hydrogens (tertiary/aromatic N) is 1. The number of rotatable bonds is 8. The Bertz CT molecular complexity index is 5110. The molecule has 0 saturated carbocycles. The molecule has 2 unspecified atom stereocenters. The zero-order chi connectivity index (χ0) is 59.3. The van der Waals surface area contributed by atoms with Gasteiger partial charge in [0.15, 0.2) is 8.07 Å². The Kier molecular flexibility index (Phi) is 7.81. The molecule has 2 atom stereocenters. The lowest BCUT2D eigenvalue weighted by Gasteiger charge is -2.47. The van der Waals surface area contributed by atoms with Crippen molar-refractivity contribution >= 4 is 72.6 Å². The molecule has 0 N–H and O–H groups in total. The van der Waals surface area contributed by atoms with Gasteiger partial charge in [0.25, 0.3) is 0 Å². The lowest BCUT2D eigenvalue weighted by molar-refractivity contribution is 0.669. The van der Waals surface area contributed by atoms with E-state index in [4.69, 9.17) is 12.6 Å². The highest BCUT2D eigenvalue weighted by molar-refractivity contribution is 7.20. The molecule has 2 nitrogen and oxygen atoms in total. The second kappa shape index (κ2) is 17.3. The van der Waals surface area contributed by atoms with E-state index < -0.39 is 44.3 Å². The maximum atomic E-state index is 9.25. The van der Waals surface area contributed by atoms with Gasteiger partial charge in [-0.2, -0.15) is 0 Å². The highest BCUT2D eigenvalue weighted by Crippen LogP contribution is 2.57. The van der Waals surface area contributed by atoms with Crippen molar-refractivity contribution in [2.75, 3.05) is 0 Å². The van der Waals surface area contributed by atoms with E-state index in [-0.39, 0.29) is 47.1 Å². The summed E-state index contributed by atoms with van der Waals surface area (Å²) >= 11 is 0. The molecule has 3 heteroatoms. The van der Waals surface area contributed by atoms with Crippen LogP contribution in [0.3, 0.4) is 0 Å². The van der Waals surface area contributed by atoms with E-state index in [0.717, 1.165) is 92.4 Å². The molecule has 14 aromatic rings. The highest BCUT2D eigenvalue weighted by Gasteiger charge is 2.50. The van der Waals surface area contributed by atoms with Crippen molar-refractivity contribution < 1.29 is 18.1 Å². The minimum Gasteiger partial charge on any atom is -0.456 e. The SMILES string of the molecule is [2H]c1c([2H])c([2H])c(-c2cccc([Si](c3ccccc3)(c3cccc(-c4c([2H])c([2H])c([2H])c([2H])c4[2H])c3)c3cccc4c3C3c5ccccc5C4c4cccc(-n5c6ccccc6c6cc(-c7ccc8oc9ccccc9c8c7)ccc65)c43)c2)c([2H])c1[2H]. The van der Waals surface area contributed by atoms with Crippen LogP contribution in [0.25, 0.3) is 82.8 Å². The number of furan rings is 1. The van der Waals surface area contributed by atoms with Crippen LogP contribution in [0.15, 0.2) is 289 Å². The van der Waals surface area contributed by atoms with Gasteiger partial charge in [0.05, 0.1) is 30.4 Å². The van der Waals surface area contributed by atoms with Crippen LogP contribution in [0.5, 0.6) is 0 Å². The third-order valence-corrected chi connectivity index (χ3v) is 21.3. The molecule has 2 bridgehead atoms. The van der Waals surface area contributed by atoms with Gasteiger partial charge in [0, 0.05) is 33.4 Å². The summed E-state index contributed by atoms with van der Waals surface area (Å²) in [4.78, 5) is 0. The summed E-state index contributed by atoms with van der Waals surface area (Å²) in [5.74, 6) is -0.526. The molecular weight excluding hydrogens is 947 g/mol. The zero-order valence-corrected chi connectivity index (χ0v) is 42.4. The number of aromatic nitrogens is 1. The Morgan fingerprint density at radius 1 is 0.338 bits per heavy atom. The zero-order valence-electron chi connectivity index (χ0n) is 51.4. The van der Waals surface area contributed by atoms with Gasteiger partial charge < -0.3 is 8.98 Å². The maximum absolute atomic E-state index is 9.25. The number of fused-ring (bicyclic) bond motifs is 6. The largest absolute Gasteiger partial charge is 0.456 e. The van der Waals surface area contributed by atoms with Gasteiger partial charge in [-0.15, -0.1) is 0 Å². The Labute approximate surface area is 462 Å². The van der Waals surface area contributed by atoms with Gasteiger partial charge in [-0.25, -0.2) is 0 Å². The summed E-state index contributed by atoms with van der Waals surface area (Å²) < 4.78 is 97.9. The first-order valence-corrected chi connectivity index (χ1v) is 28.1. The Hall–Kier alpha value is -9.54. The third kappa shape index (κ3) is 6.54. The van der Waals surface area contributed by atoms with Crippen LogP contribution in [0, 0.1) is 0 Å². The summed E-state index contributed by atoms with van der Waals surface area (Å²) in [7, 11) is -3.89. The fourth-order valence-electron chi connectivity index (χ4n) is 13.4. The van der Waals surface area contributed by atoms with Gasteiger partial charge in [-0.05, 0) is 130 Å². The molecule has 0 aliphatic heterocycles. The summed E-state index contributed by atoms with van der Waals surface area (Å²) in [5.41, 5.74) is 15.2. The molecule has 3 aliphatic rings. The molecule has 77 heavy (non-hydrogen) atoms. The first kappa shape index (κ1) is 34.9. The Balaban J connectivity index is 0.981. The molecule has 0 spiro atoms. The van der Waals surface area contributed by atoms with Crippen molar-refractivity contribution in [2.24, 2.45) is 0 Å². The lowest BCUT2D eigenvalue weighted by atomic mass is 9.60. The van der Waals surface area contributed by atoms with Gasteiger partial charge in [-0.3, -0.25) is 0 Å². The van der Waals surface area contributed by atoms with Gasteiger partial charge >= 0.3 is 0 Å². The van der Waals surface area contributed by atoms with Crippen molar-refractivity contribution in [3.8, 4) is 39.1 Å². The highest BCUT2D eigenvalue weighted by atomic mass is 28.3. The molecule has 12 aromatic carbocycles. The summed E-state index contributed by atoms with van der Waals surface area (Å²) in [6.45, 7) is 0. The summed E-state index contributed by atoms with van der Waals surface area (Å²) in [5, 5.41) is 8.13. The quantitative estimate of drug-likeness (QED) is 0.110. The third-order valence-electron chi connectivity index (χ3n) is 16.5. The van der Waals surface area contributed by atoms with Crippen molar-refractivity contribution in [1.82, 2.24) is 4.57 Å². The molecular formula is C74H49NOSi. The van der Waals surface area contributed by atoms with Gasteiger partial charge in [0.2, 0.25) is 0 Å². The summed E-state index contributed by atoms with van der Waals surface area (Å²) in [6.07, 6.45) is 0. The predicted octanol–water partition coefficient (Wildman–Crippen LogP) is 16.0. The predicted molar refractivity (Wildman–Crippen MR) is 323 cm³/mol. The van der Waals surface area contributed by atoms with Crippen LogP contribution in [0.4, 0.5) is 0 Å². The minimum absolute atomic E-state index is 0.0827. The van der Waals surface area contributed by atoms with Crippen LogP contribution in [0.2, 0.25) is 0 Å². The minimum atomic E-state index is -3.89. The molecule has 2 aromatic heterocycles. The molecule has 0 radical (unpaired) electrons. The van der Waals surface area contributed by atoms with Crippen molar-refractivity contribution in [3.63, 3.8) is 0 Å². The topological polar surface area (TPSA) is 18.1 Å². The smallest absolute Gasteiger partial charge is 0.179 e. The molecule has 2 heterocycles. The van der Waals surface area contributed by atoms with Crippen molar-refractivity contribution in [3.05, 3.63) is 318 Å². The van der Waals surface area contributed by atoms with Gasteiger partial charge in [0.1, 0.15) is 11.2 Å². The second-order valence-electron chi connectivity index (χ2n) is 20.3. The van der Waals surface area contributed by atoms with Crippen molar-refractivity contribution in [1.29, 1.82) is 0 Å². The average molecular weight is 1010 g/mol. The Morgan fingerprint density at radius 3 is 1.58 bits per heavy atom. The standard InChI is InChI=1S/C74H49NOSi/c1-4-20-48(21-5-1)50-24-16-28-55(44-50)77(54-26-8-3-9-27-54,56-29-17-25-51(45-56)49-22-6-2-7-23-49)70-39-19-35-62-71-59-32-10-11-33-60(59)74(73(62)70)72-61(71)34-18-37-67(72)75-65-36-14-12-30-57(65)63-46-52(40-42-66(63)75)53-41-43-69-64(47-53)58-31-13-15-38-68(58)76-69/h1-47,71,74H/i1D,2D,4D,5D,6D,7D,20D,21D,22D,23D. The van der Waals surface area contributed by atoms with E-state index in [0.29, 0.717) is 11.1 Å². The first-order chi connectivity index (χ1) is 42.3. The number of para-hydroxylation sites is 2.